The Morgan fingerprint density at radius 1 is 1.21 bits per heavy atom. The minimum absolute atomic E-state index is 0.0815. The molecule has 0 radical (unpaired) electrons. The van der Waals surface area contributed by atoms with Gasteiger partial charge in [-0.3, -0.25) is 9.36 Å². The SMILES string of the molecule is COC(=O)c1c(C)[nH]c(C(=O)C(C)Sc2nnc(N3CCCCC3)n2CC2CCCO2)c1C. The van der Waals surface area contributed by atoms with Gasteiger partial charge in [-0.15, -0.1) is 10.2 Å². The molecule has 0 saturated carbocycles. The first-order valence-corrected chi connectivity index (χ1v) is 12.6. The van der Waals surface area contributed by atoms with Crippen LogP contribution in [0.3, 0.4) is 0 Å². The Kier molecular flexibility index (Phi) is 7.43. The average Bonchev–Trinajstić information content (AvgIpc) is 3.54. The number of anilines is 1. The molecule has 1 N–H and O–H groups in total. The maximum Gasteiger partial charge on any atom is 0.339 e. The highest BCUT2D eigenvalue weighted by Gasteiger charge is 2.29. The molecule has 180 valence electrons. The molecule has 2 fully saturated rings. The summed E-state index contributed by atoms with van der Waals surface area (Å²) in [4.78, 5) is 30.8. The Bertz CT molecular complexity index is 1000. The van der Waals surface area contributed by atoms with E-state index in [0.717, 1.165) is 56.5 Å². The third-order valence-electron chi connectivity index (χ3n) is 6.47. The van der Waals surface area contributed by atoms with Gasteiger partial charge in [0.15, 0.2) is 10.9 Å². The van der Waals surface area contributed by atoms with E-state index in [2.05, 4.69) is 24.6 Å². The summed E-state index contributed by atoms with van der Waals surface area (Å²) in [5.41, 5.74) is 2.11. The highest BCUT2D eigenvalue weighted by atomic mass is 32.2. The highest BCUT2D eigenvalue weighted by Crippen LogP contribution is 2.31. The molecule has 2 aliphatic rings. The molecular weight excluding hydrogens is 442 g/mol. The van der Waals surface area contributed by atoms with Gasteiger partial charge in [0.2, 0.25) is 5.95 Å². The van der Waals surface area contributed by atoms with Crippen molar-refractivity contribution in [3.63, 3.8) is 0 Å². The van der Waals surface area contributed by atoms with Crippen LogP contribution in [0.4, 0.5) is 5.95 Å². The van der Waals surface area contributed by atoms with E-state index >= 15 is 0 Å². The summed E-state index contributed by atoms with van der Waals surface area (Å²) < 4.78 is 12.9. The largest absolute Gasteiger partial charge is 0.465 e. The third-order valence-corrected chi connectivity index (χ3v) is 7.55. The number of hydrogen-bond donors (Lipinski definition) is 1. The molecule has 0 aromatic carbocycles. The number of methoxy groups -OCH3 is 1. The molecule has 2 unspecified atom stereocenters. The van der Waals surface area contributed by atoms with Gasteiger partial charge in [-0.1, -0.05) is 11.8 Å². The van der Waals surface area contributed by atoms with Crippen molar-refractivity contribution in [2.45, 2.75) is 75.9 Å². The minimum Gasteiger partial charge on any atom is -0.465 e. The summed E-state index contributed by atoms with van der Waals surface area (Å²) >= 11 is 1.40. The number of carbonyl (C=O) groups excluding carboxylic acids is 2. The molecule has 0 bridgehead atoms. The second kappa shape index (κ2) is 10.3. The zero-order chi connectivity index (χ0) is 23.5. The lowest BCUT2D eigenvalue weighted by molar-refractivity contribution is 0.0599. The van der Waals surface area contributed by atoms with Crippen LogP contribution in [-0.4, -0.2) is 69.7 Å². The normalized spacial score (nSPS) is 19.6. The fourth-order valence-electron chi connectivity index (χ4n) is 4.67. The molecule has 33 heavy (non-hydrogen) atoms. The lowest BCUT2D eigenvalue weighted by atomic mass is 10.1. The number of hydrogen-bond acceptors (Lipinski definition) is 8. The predicted molar refractivity (Wildman–Crippen MR) is 126 cm³/mol. The number of aromatic amines is 1. The van der Waals surface area contributed by atoms with Gasteiger partial charge in [0, 0.05) is 25.4 Å². The molecule has 4 rings (SSSR count). The van der Waals surface area contributed by atoms with E-state index in [-0.39, 0.29) is 11.9 Å². The number of Topliss-reactive ketones (excluding diaryl/α,β-unsaturated/α-hetero) is 1. The van der Waals surface area contributed by atoms with Gasteiger partial charge in [0.05, 0.1) is 36.3 Å². The van der Waals surface area contributed by atoms with E-state index in [9.17, 15) is 9.59 Å². The molecule has 2 atom stereocenters. The fraction of sp³-hybridized carbons (Fsp3) is 0.652. The molecule has 2 aliphatic heterocycles. The van der Waals surface area contributed by atoms with E-state index in [1.165, 1.54) is 25.3 Å². The summed E-state index contributed by atoms with van der Waals surface area (Å²) in [5, 5.41) is 9.31. The maximum absolute atomic E-state index is 13.3. The Morgan fingerprint density at radius 3 is 2.64 bits per heavy atom. The number of rotatable bonds is 8. The molecule has 0 spiro atoms. The third kappa shape index (κ3) is 4.96. The van der Waals surface area contributed by atoms with Gasteiger partial charge in [-0.2, -0.15) is 0 Å². The lowest BCUT2D eigenvalue weighted by Gasteiger charge is -2.28. The molecule has 10 heteroatoms. The molecule has 0 aliphatic carbocycles. The number of nitrogens with zero attached hydrogens (tertiary/aromatic N) is 4. The van der Waals surface area contributed by atoms with E-state index in [0.29, 0.717) is 29.1 Å². The van der Waals surface area contributed by atoms with Gasteiger partial charge >= 0.3 is 5.97 Å². The van der Waals surface area contributed by atoms with E-state index in [1.807, 2.05) is 6.92 Å². The van der Waals surface area contributed by atoms with Crippen LogP contribution in [0.2, 0.25) is 0 Å². The van der Waals surface area contributed by atoms with Crippen molar-refractivity contribution < 1.29 is 19.1 Å². The summed E-state index contributed by atoms with van der Waals surface area (Å²) in [6, 6.07) is 0. The number of H-pyrrole nitrogens is 1. The van der Waals surface area contributed by atoms with Crippen LogP contribution in [0.15, 0.2) is 5.16 Å². The summed E-state index contributed by atoms with van der Waals surface area (Å²) in [6.07, 6.45) is 5.78. The van der Waals surface area contributed by atoms with Crippen LogP contribution in [0.5, 0.6) is 0 Å². The zero-order valence-electron chi connectivity index (χ0n) is 19.8. The summed E-state index contributed by atoms with van der Waals surface area (Å²) in [6.45, 7) is 8.84. The lowest BCUT2D eigenvalue weighted by Crippen LogP contribution is -2.33. The number of esters is 1. The number of nitrogens with one attached hydrogen (secondary N) is 1. The van der Waals surface area contributed by atoms with Crippen LogP contribution in [0.25, 0.3) is 0 Å². The van der Waals surface area contributed by atoms with Crippen LogP contribution < -0.4 is 4.90 Å². The molecule has 2 saturated heterocycles. The number of carbonyl (C=O) groups is 2. The number of ketones is 1. The van der Waals surface area contributed by atoms with Gasteiger partial charge in [0.1, 0.15) is 0 Å². The molecule has 0 amide bonds. The van der Waals surface area contributed by atoms with E-state index in [4.69, 9.17) is 9.47 Å². The zero-order valence-corrected chi connectivity index (χ0v) is 20.7. The number of aromatic nitrogens is 4. The van der Waals surface area contributed by atoms with Crippen molar-refractivity contribution in [2.75, 3.05) is 31.7 Å². The highest BCUT2D eigenvalue weighted by molar-refractivity contribution is 8.00. The van der Waals surface area contributed by atoms with E-state index < -0.39 is 11.2 Å². The Labute approximate surface area is 198 Å². The first kappa shape index (κ1) is 23.8. The van der Waals surface area contributed by atoms with Crippen LogP contribution in [0.1, 0.15) is 71.1 Å². The molecule has 4 heterocycles. The number of ether oxygens (including phenoxy) is 2. The minimum atomic E-state index is -0.442. The Morgan fingerprint density at radius 2 is 1.97 bits per heavy atom. The Balaban J connectivity index is 1.57. The van der Waals surface area contributed by atoms with Crippen LogP contribution >= 0.6 is 11.8 Å². The van der Waals surface area contributed by atoms with Gasteiger partial charge in [-0.25, -0.2) is 4.79 Å². The maximum atomic E-state index is 13.3. The number of thioether (sulfide) groups is 1. The number of piperidine rings is 1. The molecule has 2 aromatic rings. The number of aryl methyl sites for hydroxylation is 1. The van der Waals surface area contributed by atoms with Crippen LogP contribution in [0, 0.1) is 13.8 Å². The second-order valence-corrected chi connectivity index (χ2v) is 10.1. The van der Waals surface area contributed by atoms with Crippen molar-refractivity contribution in [3.05, 3.63) is 22.5 Å². The summed E-state index contributed by atoms with van der Waals surface area (Å²) in [7, 11) is 1.34. The average molecular weight is 476 g/mol. The quantitative estimate of drug-likeness (QED) is 0.351. The first-order chi connectivity index (χ1) is 15.9. The molecular formula is C23H33N5O4S. The monoisotopic (exact) mass is 475 g/mol. The van der Waals surface area contributed by atoms with Crippen molar-refractivity contribution in [1.29, 1.82) is 0 Å². The molecule has 2 aromatic heterocycles. The predicted octanol–water partition coefficient (Wildman–Crippen LogP) is 3.54. The van der Waals surface area contributed by atoms with Gasteiger partial charge in [-0.05, 0) is 58.4 Å². The Hall–Kier alpha value is -2.33. The molecule has 9 nitrogen and oxygen atoms in total. The fourth-order valence-corrected chi connectivity index (χ4v) is 5.58. The van der Waals surface area contributed by atoms with Gasteiger partial charge < -0.3 is 19.4 Å². The van der Waals surface area contributed by atoms with E-state index in [1.54, 1.807) is 13.8 Å². The standard InChI is InChI=1S/C23H33N5O4S/c1-14-18(21(30)31-4)15(2)24-19(14)20(29)16(3)33-23-26-25-22(27-10-6-5-7-11-27)28(23)13-17-9-8-12-32-17/h16-17,24H,5-13H2,1-4H3. The topological polar surface area (TPSA) is 102 Å². The van der Waals surface area contributed by atoms with Crippen LogP contribution in [-0.2, 0) is 16.0 Å². The first-order valence-electron chi connectivity index (χ1n) is 11.7. The van der Waals surface area contributed by atoms with Crippen molar-refractivity contribution >= 4 is 29.5 Å². The van der Waals surface area contributed by atoms with Crippen molar-refractivity contribution in [1.82, 2.24) is 19.7 Å². The summed E-state index contributed by atoms with van der Waals surface area (Å²) in [5.74, 6) is 0.345. The van der Waals surface area contributed by atoms with Crippen molar-refractivity contribution in [2.24, 2.45) is 0 Å². The second-order valence-electron chi connectivity index (χ2n) is 8.82. The van der Waals surface area contributed by atoms with Crippen molar-refractivity contribution in [3.8, 4) is 0 Å². The van der Waals surface area contributed by atoms with Gasteiger partial charge in [0.25, 0.3) is 0 Å². The smallest absolute Gasteiger partial charge is 0.339 e.